The smallest absolute Gasteiger partial charge is 0.137 e. The summed E-state index contributed by atoms with van der Waals surface area (Å²) < 4.78 is 6.81. The summed E-state index contributed by atoms with van der Waals surface area (Å²) in [7, 11) is 0. The largest absolute Gasteiger partial charge is 0.457 e. The fourth-order valence-electron chi connectivity index (χ4n) is 9.54. The van der Waals surface area contributed by atoms with E-state index in [1.165, 1.54) is 65.7 Å². The summed E-state index contributed by atoms with van der Waals surface area (Å²) in [5.74, 6) is 4.20. The molecule has 0 amide bonds. The number of ether oxygens (including phenoxy) is 1. The summed E-state index contributed by atoms with van der Waals surface area (Å²) in [5.41, 5.74) is 11.9. The lowest BCUT2D eigenvalue weighted by molar-refractivity contribution is 0.142. The van der Waals surface area contributed by atoms with Crippen molar-refractivity contribution in [3.8, 4) is 33.8 Å². The highest BCUT2D eigenvalue weighted by Gasteiger charge is 2.42. The van der Waals surface area contributed by atoms with E-state index in [-0.39, 0.29) is 5.41 Å². The van der Waals surface area contributed by atoms with Gasteiger partial charge in [0.2, 0.25) is 0 Å². The Hall–Kier alpha value is -5.55. The number of fused-ring (bicyclic) bond motifs is 9. The molecule has 2 aliphatic heterocycles. The van der Waals surface area contributed by atoms with Crippen LogP contribution in [0.15, 0.2) is 134 Å². The molecule has 1 atom stereocenters. The second-order valence-corrected chi connectivity index (χ2v) is 16.4. The van der Waals surface area contributed by atoms with Crippen molar-refractivity contribution in [3.63, 3.8) is 0 Å². The van der Waals surface area contributed by atoms with E-state index >= 15 is 0 Å². The lowest BCUT2D eigenvalue weighted by atomic mass is 9.67. The van der Waals surface area contributed by atoms with Crippen LogP contribution in [0.1, 0.15) is 58.4 Å². The summed E-state index contributed by atoms with van der Waals surface area (Å²) in [4.78, 5) is 12.5. The Labute approximate surface area is 313 Å². The van der Waals surface area contributed by atoms with Crippen LogP contribution in [0.5, 0.6) is 11.5 Å². The maximum atomic E-state index is 6.81. The van der Waals surface area contributed by atoms with Crippen LogP contribution in [-0.4, -0.2) is 17.7 Å². The molecule has 53 heavy (non-hydrogen) atoms. The third-order valence-electron chi connectivity index (χ3n) is 12.3. The Morgan fingerprint density at radius 2 is 1.28 bits per heavy atom. The van der Waals surface area contributed by atoms with Crippen molar-refractivity contribution in [2.75, 3.05) is 21.4 Å². The number of nitrogens with zero attached hydrogens (tertiary/aromatic N) is 4. The molecule has 2 bridgehead atoms. The van der Waals surface area contributed by atoms with Crippen LogP contribution in [0.25, 0.3) is 22.3 Å². The molecule has 0 N–H and O–H groups in total. The van der Waals surface area contributed by atoms with Gasteiger partial charge >= 0.3 is 0 Å². The highest BCUT2D eigenvalue weighted by Crippen LogP contribution is 2.52. The standard InChI is InChI=1S/C48H46N4O/c1-48(2,3)34-25-26-49-47(28-34)52-42-16-7-6-15-40(42)38-13-4-5-14-39(38)41-24-23-37(30-46(41)52)53-36-12-10-11-35(29-36)50-31-51(44-18-9-8-17-43(44)50)45-27-32-19-21-33(45)22-20-32/h4-18,23-26,28-30,32-33,45H,19-22,27,31H2,1-3H3. The van der Waals surface area contributed by atoms with Gasteiger partial charge in [0.25, 0.3) is 0 Å². The van der Waals surface area contributed by atoms with E-state index < -0.39 is 0 Å². The normalized spacial score (nSPS) is 20.0. The topological polar surface area (TPSA) is 31.8 Å². The molecule has 5 heteroatoms. The van der Waals surface area contributed by atoms with Crippen molar-refractivity contribution >= 4 is 34.3 Å². The van der Waals surface area contributed by atoms with Gasteiger partial charge in [-0.25, -0.2) is 4.98 Å². The SMILES string of the molecule is CC(C)(C)c1ccnc(N2c3ccccc3-c3ccccc3-c3ccc(Oc4cccc(N5CN(C6CC7CCC6CC7)c6ccccc65)c4)cc32)c1. The first kappa shape index (κ1) is 32.1. The molecule has 6 aromatic rings. The van der Waals surface area contributed by atoms with Crippen LogP contribution in [0.2, 0.25) is 0 Å². The van der Waals surface area contributed by atoms with Gasteiger partial charge in [0.1, 0.15) is 17.3 Å². The average molecular weight is 695 g/mol. The van der Waals surface area contributed by atoms with E-state index in [2.05, 4.69) is 163 Å². The summed E-state index contributed by atoms with van der Waals surface area (Å²) in [6, 6.07) is 46.5. The van der Waals surface area contributed by atoms with Gasteiger partial charge < -0.3 is 14.5 Å². The highest BCUT2D eigenvalue weighted by molar-refractivity contribution is 6.02. The molecule has 1 unspecified atom stereocenters. The van der Waals surface area contributed by atoms with Crippen molar-refractivity contribution < 1.29 is 4.74 Å². The van der Waals surface area contributed by atoms with Gasteiger partial charge in [-0.15, -0.1) is 0 Å². The number of rotatable bonds is 5. The van der Waals surface area contributed by atoms with Crippen LogP contribution < -0.4 is 19.4 Å². The van der Waals surface area contributed by atoms with Crippen LogP contribution in [0, 0.1) is 11.8 Å². The molecule has 264 valence electrons. The number of benzene rings is 5. The van der Waals surface area contributed by atoms with E-state index in [4.69, 9.17) is 9.72 Å². The van der Waals surface area contributed by atoms with Crippen molar-refractivity contribution in [1.29, 1.82) is 0 Å². The minimum atomic E-state index is -0.0201. The summed E-state index contributed by atoms with van der Waals surface area (Å²) in [6.45, 7) is 7.64. The van der Waals surface area contributed by atoms with Gasteiger partial charge in [0, 0.05) is 41.2 Å². The molecular weight excluding hydrogens is 649 g/mol. The number of hydrogen-bond acceptors (Lipinski definition) is 5. The average Bonchev–Trinajstić information content (AvgIpc) is 3.53. The minimum Gasteiger partial charge on any atom is -0.457 e. The van der Waals surface area contributed by atoms with Crippen LogP contribution in [0.3, 0.4) is 0 Å². The molecule has 3 aliphatic carbocycles. The number of pyridine rings is 1. The zero-order valence-electron chi connectivity index (χ0n) is 30.9. The Balaban J connectivity index is 1.03. The Bertz CT molecular complexity index is 2330. The molecule has 5 aromatic carbocycles. The van der Waals surface area contributed by atoms with Gasteiger partial charge in [0.05, 0.1) is 29.4 Å². The van der Waals surface area contributed by atoms with Gasteiger partial charge in [-0.05, 0) is 108 Å². The third kappa shape index (κ3) is 5.56. The Kier molecular flexibility index (Phi) is 7.61. The first-order valence-electron chi connectivity index (χ1n) is 19.4. The van der Waals surface area contributed by atoms with E-state index in [9.17, 15) is 0 Å². The maximum Gasteiger partial charge on any atom is 0.137 e. The molecule has 3 fully saturated rings. The summed E-state index contributed by atoms with van der Waals surface area (Å²) in [6.07, 6.45) is 8.86. The number of para-hydroxylation sites is 3. The second-order valence-electron chi connectivity index (χ2n) is 16.4. The fraction of sp³-hybridized carbons (Fsp3) is 0.271. The fourth-order valence-corrected chi connectivity index (χ4v) is 9.54. The third-order valence-corrected chi connectivity index (χ3v) is 12.3. The van der Waals surface area contributed by atoms with E-state index in [1.54, 1.807) is 0 Å². The monoisotopic (exact) mass is 694 g/mol. The predicted octanol–water partition coefficient (Wildman–Crippen LogP) is 12.8. The number of hydrogen-bond donors (Lipinski definition) is 0. The van der Waals surface area contributed by atoms with E-state index in [0.717, 1.165) is 58.4 Å². The predicted molar refractivity (Wildman–Crippen MR) is 218 cm³/mol. The summed E-state index contributed by atoms with van der Waals surface area (Å²) in [5, 5.41) is 0. The Morgan fingerprint density at radius 1 is 0.604 bits per heavy atom. The molecule has 0 spiro atoms. The zero-order valence-corrected chi connectivity index (χ0v) is 30.9. The van der Waals surface area contributed by atoms with Gasteiger partial charge in [-0.3, -0.25) is 4.90 Å². The molecular formula is C48H46N4O. The maximum absolute atomic E-state index is 6.81. The van der Waals surface area contributed by atoms with Crippen molar-refractivity contribution in [2.45, 2.75) is 64.3 Å². The Morgan fingerprint density at radius 3 is 2.02 bits per heavy atom. The highest BCUT2D eigenvalue weighted by atomic mass is 16.5. The molecule has 1 aromatic heterocycles. The molecule has 11 rings (SSSR count). The minimum absolute atomic E-state index is 0.0201. The van der Waals surface area contributed by atoms with E-state index in [0.29, 0.717) is 6.04 Å². The first-order valence-corrected chi connectivity index (χ1v) is 19.4. The number of anilines is 6. The molecule has 3 heterocycles. The first-order chi connectivity index (χ1) is 25.9. The zero-order chi connectivity index (χ0) is 35.7. The lowest BCUT2D eigenvalue weighted by Crippen LogP contribution is -2.48. The molecule has 0 radical (unpaired) electrons. The molecule has 0 saturated heterocycles. The van der Waals surface area contributed by atoms with Crippen molar-refractivity contribution in [2.24, 2.45) is 11.8 Å². The number of aromatic nitrogens is 1. The molecule has 5 aliphatic rings. The van der Waals surface area contributed by atoms with Gasteiger partial charge in [-0.2, -0.15) is 0 Å². The van der Waals surface area contributed by atoms with Crippen LogP contribution in [0.4, 0.5) is 34.3 Å². The second kappa shape index (κ2) is 12.5. The van der Waals surface area contributed by atoms with Gasteiger partial charge in [0.15, 0.2) is 0 Å². The van der Waals surface area contributed by atoms with Crippen molar-refractivity contribution in [1.82, 2.24) is 4.98 Å². The molecule has 5 nitrogen and oxygen atoms in total. The quantitative estimate of drug-likeness (QED) is 0.179. The van der Waals surface area contributed by atoms with E-state index in [1.807, 2.05) is 6.20 Å². The molecule has 3 saturated carbocycles. The van der Waals surface area contributed by atoms with Crippen LogP contribution >= 0.6 is 0 Å². The van der Waals surface area contributed by atoms with Gasteiger partial charge in [-0.1, -0.05) is 94.3 Å². The van der Waals surface area contributed by atoms with Crippen molar-refractivity contribution in [3.05, 3.63) is 139 Å². The summed E-state index contributed by atoms with van der Waals surface area (Å²) >= 11 is 0. The van der Waals surface area contributed by atoms with Crippen LogP contribution in [-0.2, 0) is 5.41 Å². The lowest BCUT2D eigenvalue weighted by Gasteiger charge is -2.47.